The SMILES string of the molecule is CNc1cccc(Cc2nc3ccccc3n2C)c1. The molecule has 0 saturated heterocycles. The minimum atomic E-state index is 0.848. The highest BCUT2D eigenvalue weighted by molar-refractivity contribution is 5.75. The van der Waals surface area contributed by atoms with E-state index in [1.807, 2.05) is 13.1 Å². The molecule has 3 heteroatoms. The largest absolute Gasteiger partial charge is 0.388 e. The van der Waals surface area contributed by atoms with Crippen LogP contribution in [-0.4, -0.2) is 16.6 Å². The van der Waals surface area contributed by atoms with E-state index in [-0.39, 0.29) is 0 Å². The maximum absolute atomic E-state index is 4.71. The number of rotatable bonds is 3. The van der Waals surface area contributed by atoms with Crippen LogP contribution in [0.2, 0.25) is 0 Å². The van der Waals surface area contributed by atoms with E-state index >= 15 is 0 Å². The van der Waals surface area contributed by atoms with Crippen LogP contribution in [0.5, 0.6) is 0 Å². The van der Waals surface area contributed by atoms with E-state index in [1.165, 1.54) is 11.1 Å². The first kappa shape index (κ1) is 11.8. The fraction of sp³-hybridized carbons (Fsp3) is 0.188. The second-order valence-electron chi connectivity index (χ2n) is 4.70. The zero-order chi connectivity index (χ0) is 13.2. The number of fused-ring (bicyclic) bond motifs is 1. The number of anilines is 1. The van der Waals surface area contributed by atoms with Crippen LogP contribution in [0.25, 0.3) is 11.0 Å². The minimum Gasteiger partial charge on any atom is -0.388 e. The molecule has 0 fully saturated rings. The van der Waals surface area contributed by atoms with Gasteiger partial charge >= 0.3 is 0 Å². The molecule has 0 aliphatic carbocycles. The van der Waals surface area contributed by atoms with Gasteiger partial charge in [-0.05, 0) is 29.8 Å². The Bertz CT molecular complexity index is 713. The number of aromatic nitrogens is 2. The van der Waals surface area contributed by atoms with Crippen molar-refractivity contribution < 1.29 is 0 Å². The Kier molecular flexibility index (Phi) is 2.95. The molecule has 3 nitrogen and oxygen atoms in total. The lowest BCUT2D eigenvalue weighted by atomic mass is 10.1. The number of nitrogens with one attached hydrogen (secondary N) is 1. The van der Waals surface area contributed by atoms with Gasteiger partial charge in [-0.3, -0.25) is 0 Å². The van der Waals surface area contributed by atoms with Gasteiger partial charge in [-0.15, -0.1) is 0 Å². The van der Waals surface area contributed by atoms with Crippen LogP contribution in [-0.2, 0) is 13.5 Å². The number of hydrogen-bond acceptors (Lipinski definition) is 2. The fourth-order valence-corrected chi connectivity index (χ4v) is 2.37. The van der Waals surface area contributed by atoms with E-state index < -0.39 is 0 Å². The molecule has 96 valence electrons. The van der Waals surface area contributed by atoms with Crippen LogP contribution in [0.4, 0.5) is 5.69 Å². The summed E-state index contributed by atoms with van der Waals surface area (Å²) in [6.07, 6.45) is 0.848. The molecular weight excluding hydrogens is 234 g/mol. The molecule has 0 atom stereocenters. The van der Waals surface area contributed by atoms with Gasteiger partial charge in [-0.25, -0.2) is 4.98 Å². The van der Waals surface area contributed by atoms with Crippen molar-refractivity contribution in [3.63, 3.8) is 0 Å². The summed E-state index contributed by atoms with van der Waals surface area (Å²) in [4.78, 5) is 4.71. The Hall–Kier alpha value is -2.29. The van der Waals surface area contributed by atoms with Crippen molar-refractivity contribution >= 4 is 16.7 Å². The zero-order valence-corrected chi connectivity index (χ0v) is 11.2. The maximum Gasteiger partial charge on any atom is 0.114 e. The lowest BCUT2D eigenvalue weighted by Crippen LogP contribution is -1.99. The van der Waals surface area contributed by atoms with Crippen molar-refractivity contribution in [1.29, 1.82) is 0 Å². The summed E-state index contributed by atoms with van der Waals surface area (Å²) in [6.45, 7) is 0. The smallest absolute Gasteiger partial charge is 0.114 e. The predicted octanol–water partition coefficient (Wildman–Crippen LogP) is 3.21. The summed E-state index contributed by atoms with van der Waals surface area (Å²) >= 11 is 0. The Balaban J connectivity index is 1.98. The Morgan fingerprint density at radius 1 is 1.11 bits per heavy atom. The summed E-state index contributed by atoms with van der Waals surface area (Å²) in [7, 11) is 4.01. The van der Waals surface area contributed by atoms with Crippen molar-refractivity contribution in [2.75, 3.05) is 12.4 Å². The summed E-state index contributed by atoms with van der Waals surface area (Å²) in [5, 5.41) is 3.17. The van der Waals surface area contributed by atoms with Crippen molar-refractivity contribution in [2.24, 2.45) is 7.05 Å². The van der Waals surface area contributed by atoms with Crippen molar-refractivity contribution in [3.05, 3.63) is 59.9 Å². The van der Waals surface area contributed by atoms with Gasteiger partial charge in [0.2, 0.25) is 0 Å². The van der Waals surface area contributed by atoms with Gasteiger partial charge in [0, 0.05) is 26.2 Å². The van der Waals surface area contributed by atoms with Gasteiger partial charge in [0.05, 0.1) is 11.0 Å². The number of nitrogens with zero attached hydrogens (tertiary/aromatic N) is 2. The van der Waals surface area contributed by atoms with E-state index in [4.69, 9.17) is 4.98 Å². The Labute approximate surface area is 112 Å². The number of benzene rings is 2. The van der Waals surface area contributed by atoms with Gasteiger partial charge in [0.15, 0.2) is 0 Å². The van der Waals surface area contributed by atoms with Crippen molar-refractivity contribution in [2.45, 2.75) is 6.42 Å². The zero-order valence-electron chi connectivity index (χ0n) is 11.2. The number of aryl methyl sites for hydroxylation is 1. The maximum atomic E-state index is 4.71. The molecule has 3 rings (SSSR count). The van der Waals surface area contributed by atoms with Crippen molar-refractivity contribution in [1.82, 2.24) is 9.55 Å². The number of imidazole rings is 1. The first-order chi connectivity index (χ1) is 9.28. The highest BCUT2D eigenvalue weighted by Gasteiger charge is 2.07. The third-order valence-electron chi connectivity index (χ3n) is 3.46. The summed E-state index contributed by atoms with van der Waals surface area (Å²) in [5.74, 6) is 1.09. The highest BCUT2D eigenvalue weighted by Crippen LogP contribution is 2.18. The monoisotopic (exact) mass is 251 g/mol. The molecule has 0 saturated carbocycles. The quantitative estimate of drug-likeness (QED) is 0.774. The molecule has 3 aromatic rings. The van der Waals surface area contributed by atoms with Crippen LogP contribution >= 0.6 is 0 Å². The lowest BCUT2D eigenvalue weighted by molar-refractivity contribution is 0.845. The van der Waals surface area contributed by atoms with E-state index in [0.717, 1.165) is 23.4 Å². The van der Waals surface area contributed by atoms with Gasteiger partial charge < -0.3 is 9.88 Å². The Morgan fingerprint density at radius 3 is 2.74 bits per heavy atom. The fourth-order valence-electron chi connectivity index (χ4n) is 2.37. The van der Waals surface area contributed by atoms with Crippen LogP contribution in [0.3, 0.4) is 0 Å². The number of hydrogen-bond donors (Lipinski definition) is 1. The molecule has 0 aliphatic rings. The second kappa shape index (κ2) is 4.76. The van der Waals surface area contributed by atoms with E-state index in [0.29, 0.717) is 0 Å². The van der Waals surface area contributed by atoms with Gasteiger partial charge in [-0.2, -0.15) is 0 Å². The van der Waals surface area contributed by atoms with Gasteiger partial charge in [0.25, 0.3) is 0 Å². The predicted molar refractivity (Wildman–Crippen MR) is 79.5 cm³/mol. The summed E-state index contributed by atoms with van der Waals surface area (Å²) in [6, 6.07) is 16.7. The third-order valence-corrected chi connectivity index (χ3v) is 3.46. The second-order valence-corrected chi connectivity index (χ2v) is 4.70. The highest BCUT2D eigenvalue weighted by atomic mass is 15.1. The third kappa shape index (κ3) is 2.19. The molecule has 0 amide bonds. The molecular formula is C16H17N3. The molecule has 0 bridgehead atoms. The molecule has 2 aromatic carbocycles. The molecule has 0 radical (unpaired) electrons. The molecule has 1 N–H and O–H groups in total. The molecule has 0 aliphatic heterocycles. The minimum absolute atomic E-state index is 0.848. The van der Waals surface area contributed by atoms with Gasteiger partial charge in [0.1, 0.15) is 5.82 Å². The molecule has 0 unspecified atom stereocenters. The molecule has 1 heterocycles. The lowest BCUT2D eigenvalue weighted by Gasteiger charge is -2.05. The first-order valence-electron chi connectivity index (χ1n) is 6.45. The van der Waals surface area contributed by atoms with E-state index in [1.54, 1.807) is 0 Å². The van der Waals surface area contributed by atoms with Crippen LogP contribution in [0.1, 0.15) is 11.4 Å². The van der Waals surface area contributed by atoms with Crippen LogP contribution in [0.15, 0.2) is 48.5 Å². The average Bonchev–Trinajstić information content (AvgIpc) is 2.76. The standard InChI is InChI=1S/C16H17N3/c1-17-13-7-5-6-12(10-13)11-16-18-14-8-3-4-9-15(14)19(16)2/h3-10,17H,11H2,1-2H3. The summed E-state index contributed by atoms with van der Waals surface area (Å²) in [5.41, 5.74) is 4.65. The summed E-state index contributed by atoms with van der Waals surface area (Å²) < 4.78 is 2.17. The normalized spacial score (nSPS) is 10.8. The van der Waals surface area contributed by atoms with E-state index in [9.17, 15) is 0 Å². The van der Waals surface area contributed by atoms with Gasteiger partial charge in [-0.1, -0.05) is 24.3 Å². The topological polar surface area (TPSA) is 29.9 Å². The first-order valence-corrected chi connectivity index (χ1v) is 6.45. The molecule has 1 aromatic heterocycles. The average molecular weight is 251 g/mol. The van der Waals surface area contributed by atoms with Crippen LogP contribution < -0.4 is 5.32 Å². The molecule has 0 spiro atoms. The van der Waals surface area contributed by atoms with Crippen LogP contribution in [0, 0.1) is 0 Å². The van der Waals surface area contributed by atoms with Crippen molar-refractivity contribution in [3.8, 4) is 0 Å². The Morgan fingerprint density at radius 2 is 1.95 bits per heavy atom. The van der Waals surface area contributed by atoms with E-state index in [2.05, 4.69) is 59.4 Å². The number of para-hydroxylation sites is 2. The molecule has 19 heavy (non-hydrogen) atoms.